The molecular weight excluding hydrogens is 382 g/mol. The normalized spacial score (nSPS) is 11.1. The Morgan fingerprint density at radius 1 is 1.25 bits per heavy atom. The molecule has 0 aliphatic heterocycles. The quantitative estimate of drug-likeness (QED) is 0.531. The summed E-state index contributed by atoms with van der Waals surface area (Å²) in [4.78, 5) is 31.2. The Labute approximate surface area is 164 Å². The van der Waals surface area contributed by atoms with Gasteiger partial charge in [0.15, 0.2) is 17.1 Å². The zero-order valence-corrected chi connectivity index (χ0v) is 15.9. The van der Waals surface area contributed by atoms with Crippen LogP contribution in [0.1, 0.15) is 17.4 Å². The maximum absolute atomic E-state index is 12.2. The van der Waals surface area contributed by atoms with Crippen molar-refractivity contribution in [1.29, 1.82) is 0 Å². The van der Waals surface area contributed by atoms with Gasteiger partial charge in [-0.25, -0.2) is 9.78 Å². The molecule has 1 aromatic carbocycles. The zero-order chi connectivity index (χ0) is 19.8. The first-order valence-corrected chi connectivity index (χ1v) is 8.96. The van der Waals surface area contributed by atoms with Crippen molar-refractivity contribution in [2.75, 3.05) is 13.7 Å². The van der Waals surface area contributed by atoms with E-state index in [1.54, 1.807) is 29.7 Å². The maximum atomic E-state index is 12.2. The highest BCUT2D eigenvalue weighted by Crippen LogP contribution is 2.33. The second kappa shape index (κ2) is 7.01. The molecule has 0 bridgehead atoms. The van der Waals surface area contributed by atoms with E-state index in [-0.39, 0.29) is 23.0 Å². The smallest absolute Gasteiger partial charge is 0.360 e. The van der Waals surface area contributed by atoms with Gasteiger partial charge in [-0.3, -0.25) is 9.20 Å². The second-order valence-corrected chi connectivity index (χ2v) is 6.38. The number of H-pyrrole nitrogens is 1. The molecule has 0 fully saturated rings. The van der Waals surface area contributed by atoms with E-state index in [2.05, 4.69) is 9.97 Å². The summed E-state index contributed by atoms with van der Waals surface area (Å²) in [7, 11) is 1.52. The molecule has 3 heterocycles. The lowest BCUT2D eigenvalue weighted by Crippen LogP contribution is -2.05. The third kappa shape index (κ3) is 2.80. The van der Waals surface area contributed by atoms with Gasteiger partial charge in [-0.2, -0.15) is 0 Å². The average Bonchev–Trinajstić information content (AvgIpc) is 3.05. The first-order valence-electron chi connectivity index (χ1n) is 8.59. The number of benzene rings is 1. The number of rotatable bonds is 4. The standard InChI is InChI=1S/C20H16ClN3O4/c1-3-28-20(26)16-17(21)24-14(6-7-15(27-2)18(24)23-16)12-4-5-13-11(10-12)8-9-22-19(13)25/h4-10H,3H2,1-2H3,(H,22,25). The fraction of sp³-hybridized carbons (Fsp3) is 0.150. The minimum absolute atomic E-state index is 0.0199. The van der Waals surface area contributed by atoms with Crippen LogP contribution in [0.4, 0.5) is 0 Å². The van der Waals surface area contributed by atoms with E-state index in [4.69, 9.17) is 21.1 Å². The number of aromatic amines is 1. The molecule has 0 unspecified atom stereocenters. The van der Waals surface area contributed by atoms with Crippen LogP contribution in [0.25, 0.3) is 27.7 Å². The van der Waals surface area contributed by atoms with Gasteiger partial charge < -0.3 is 14.5 Å². The highest BCUT2D eigenvalue weighted by atomic mass is 35.5. The van der Waals surface area contributed by atoms with Gasteiger partial charge in [0.2, 0.25) is 0 Å². The predicted molar refractivity (Wildman–Crippen MR) is 106 cm³/mol. The fourth-order valence-electron chi connectivity index (χ4n) is 3.16. The molecule has 0 aliphatic rings. The number of pyridine rings is 2. The third-order valence-corrected chi connectivity index (χ3v) is 4.78. The highest BCUT2D eigenvalue weighted by Gasteiger charge is 2.23. The number of hydrogen-bond acceptors (Lipinski definition) is 5. The Kier molecular flexibility index (Phi) is 4.52. The molecule has 28 heavy (non-hydrogen) atoms. The van der Waals surface area contributed by atoms with Crippen LogP contribution >= 0.6 is 11.6 Å². The lowest BCUT2D eigenvalue weighted by molar-refractivity contribution is 0.0520. The molecule has 4 rings (SSSR count). The molecule has 0 saturated carbocycles. The number of aromatic nitrogens is 3. The molecule has 7 nitrogen and oxygen atoms in total. The minimum Gasteiger partial charge on any atom is -0.493 e. The van der Waals surface area contributed by atoms with Gasteiger partial charge in [-0.05, 0) is 48.2 Å². The van der Waals surface area contributed by atoms with E-state index < -0.39 is 5.97 Å². The summed E-state index contributed by atoms with van der Waals surface area (Å²) in [5, 5.41) is 1.50. The lowest BCUT2D eigenvalue weighted by Gasteiger charge is -2.10. The summed E-state index contributed by atoms with van der Waals surface area (Å²) < 4.78 is 12.1. The second-order valence-electron chi connectivity index (χ2n) is 6.03. The van der Waals surface area contributed by atoms with Crippen molar-refractivity contribution in [3.05, 3.63) is 63.8 Å². The van der Waals surface area contributed by atoms with Crippen LogP contribution < -0.4 is 10.3 Å². The summed E-state index contributed by atoms with van der Waals surface area (Å²) in [6.07, 6.45) is 1.60. The molecule has 0 atom stereocenters. The largest absolute Gasteiger partial charge is 0.493 e. The number of carbonyl (C=O) groups is 1. The Morgan fingerprint density at radius 2 is 2.07 bits per heavy atom. The molecule has 4 aromatic rings. The van der Waals surface area contributed by atoms with Crippen LogP contribution in [0.5, 0.6) is 5.75 Å². The van der Waals surface area contributed by atoms with Gasteiger partial charge in [0.1, 0.15) is 5.15 Å². The average molecular weight is 398 g/mol. The molecule has 0 radical (unpaired) electrons. The van der Waals surface area contributed by atoms with E-state index in [1.165, 1.54) is 7.11 Å². The summed E-state index contributed by atoms with van der Waals surface area (Å²) in [5.41, 5.74) is 1.77. The van der Waals surface area contributed by atoms with Crippen molar-refractivity contribution in [3.63, 3.8) is 0 Å². The number of halogens is 1. The molecule has 3 aromatic heterocycles. The van der Waals surface area contributed by atoms with Gasteiger partial charge in [0, 0.05) is 11.6 Å². The van der Waals surface area contributed by atoms with E-state index >= 15 is 0 Å². The molecule has 0 aliphatic carbocycles. The Morgan fingerprint density at radius 3 is 2.82 bits per heavy atom. The molecular formula is C20H16ClN3O4. The SMILES string of the molecule is CCOC(=O)c1nc2c(OC)ccc(-c3ccc4c(=O)[nH]ccc4c3)n2c1Cl. The highest BCUT2D eigenvalue weighted by molar-refractivity contribution is 6.33. The van der Waals surface area contributed by atoms with Crippen molar-refractivity contribution >= 4 is 34.0 Å². The van der Waals surface area contributed by atoms with Crippen LogP contribution in [-0.4, -0.2) is 34.1 Å². The monoisotopic (exact) mass is 397 g/mol. The lowest BCUT2D eigenvalue weighted by atomic mass is 10.1. The fourth-order valence-corrected chi connectivity index (χ4v) is 3.45. The molecule has 0 amide bonds. The van der Waals surface area contributed by atoms with Crippen molar-refractivity contribution < 1.29 is 14.3 Å². The summed E-state index contributed by atoms with van der Waals surface area (Å²) >= 11 is 6.50. The number of nitrogens with one attached hydrogen (secondary N) is 1. The van der Waals surface area contributed by atoms with Gasteiger partial charge in [-0.1, -0.05) is 17.7 Å². The Balaban J connectivity index is 1.99. The van der Waals surface area contributed by atoms with Crippen LogP contribution in [0.3, 0.4) is 0 Å². The van der Waals surface area contributed by atoms with Crippen LogP contribution in [0.15, 0.2) is 47.4 Å². The van der Waals surface area contributed by atoms with Gasteiger partial charge in [0.25, 0.3) is 5.56 Å². The minimum atomic E-state index is -0.603. The third-order valence-electron chi connectivity index (χ3n) is 4.43. The number of methoxy groups -OCH3 is 1. The topological polar surface area (TPSA) is 85.7 Å². The first-order chi connectivity index (χ1) is 13.5. The van der Waals surface area contributed by atoms with Gasteiger partial charge in [-0.15, -0.1) is 0 Å². The van der Waals surface area contributed by atoms with Crippen molar-refractivity contribution in [3.8, 4) is 17.0 Å². The molecule has 0 saturated heterocycles. The van der Waals surface area contributed by atoms with E-state index in [0.29, 0.717) is 22.5 Å². The number of fused-ring (bicyclic) bond motifs is 2. The van der Waals surface area contributed by atoms with Crippen LogP contribution in [0.2, 0.25) is 5.15 Å². The number of imidazole rings is 1. The maximum Gasteiger partial charge on any atom is 0.360 e. The summed E-state index contributed by atoms with van der Waals surface area (Å²) in [6.45, 7) is 1.93. The first kappa shape index (κ1) is 18.1. The molecule has 1 N–H and O–H groups in total. The summed E-state index contributed by atoms with van der Waals surface area (Å²) in [5.74, 6) is -0.132. The number of nitrogens with zero attached hydrogens (tertiary/aromatic N) is 2. The Hall–Kier alpha value is -3.32. The van der Waals surface area contributed by atoms with E-state index in [0.717, 1.165) is 10.9 Å². The van der Waals surface area contributed by atoms with Crippen LogP contribution in [-0.2, 0) is 4.74 Å². The number of ether oxygens (including phenoxy) is 2. The van der Waals surface area contributed by atoms with E-state index in [1.807, 2.05) is 24.3 Å². The number of hydrogen-bond donors (Lipinski definition) is 1. The van der Waals surface area contributed by atoms with Crippen molar-refractivity contribution in [2.45, 2.75) is 6.92 Å². The van der Waals surface area contributed by atoms with Crippen molar-refractivity contribution in [2.24, 2.45) is 0 Å². The Bertz CT molecular complexity index is 1280. The molecule has 142 valence electrons. The zero-order valence-electron chi connectivity index (χ0n) is 15.2. The number of esters is 1. The van der Waals surface area contributed by atoms with E-state index in [9.17, 15) is 9.59 Å². The predicted octanol–water partition coefficient (Wildman–Crippen LogP) is 3.68. The van der Waals surface area contributed by atoms with Gasteiger partial charge in [0.05, 0.1) is 19.4 Å². The molecule has 8 heteroatoms. The van der Waals surface area contributed by atoms with Crippen LogP contribution in [0, 0.1) is 0 Å². The van der Waals surface area contributed by atoms with Crippen molar-refractivity contribution in [1.82, 2.24) is 14.4 Å². The molecule has 0 spiro atoms. The summed E-state index contributed by atoms with van der Waals surface area (Å²) in [6, 6.07) is 10.8. The van der Waals surface area contributed by atoms with Gasteiger partial charge >= 0.3 is 5.97 Å². The number of carbonyl (C=O) groups excluding carboxylic acids is 1.